The molecule has 0 amide bonds. The van der Waals surface area contributed by atoms with Gasteiger partial charge >= 0.3 is 6.18 Å². The quantitative estimate of drug-likeness (QED) is 0.119. The molecule has 258 valence electrons. The van der Waals surface area contributed by atoms with Gasteiger partial charge in [-0.1, -0.05) is 90.5 Å². The molecule has 1 aliphatic heterocycles. The molecule has 1 fully saturated rings. The summed E-state index contributed by atoms with van der Waals surface area (Å²) in [7, 11) is 2.14. The highest BCUT2D eigenvalue weighted by atomic mass is 35.5. The summed E-state index contributed by atoms with van der Waals surface area (Å²) in [6, 6.07) is 32.8. The maximum atomic E-state index is 13.7. The van der Waals surface area contributed by atoms with E-state index in [1.54, 1.807) is 6.07 Å². The van der Waals surface area contributed by atoms with E-state index in [0.29, 0.717) is 31.7 Å². The number of hydrogen-bond acceptors (Lipinski definition) is 5. The van der Waals surface area contributed by atoms with Crippen LogP contribution in [0.1, 0.15) is 34.6 Å². The van der Waals surface area contributed by atoms with E-state index in [0.717, 1.165) is 54.8 Å². The van der Waals surface area contributed by atoms with Crippen molar-refractivity contribution < 1.29 is 26.7 Å². The second kappa shape index (κ2) is 18.4. The molecule has 1 atom stereocenters. The van der Waals surface area contributed by atoms with Crippen LogP contribution in [0, 0.1) is 0 Å². The number of anilines is 1. The summed E-state index contributed by atoms with van der Waals surface area (Å²) < 4.78 is 63.8. The molecule has 4 aromatic rings. The lowest BCUT2D eigenvalue weighted by molar-refractivity contribution is -0.137. The maximum absolute atomic E-state index is 13.7. The number of hydrogen-bond donors (Lipinski definition) is 1. The van der Waals surface area contributed by atoms with E-state index in [-0.39, 0.29) is 17.5 Å². The Kier molecular flexibility index (Phi) is 14.3. The van der Waals surface area contributed by atoms with Crippen LogP contribution in [0.2, 0.25) is 5.02 Å². The SMILES string of the molecule is CN1CCN(c2cccc(OCCCN(Cc3cccc(C(F)(F)F)c3Cl)CC(c3ccccc3)c3ccccc3)c2)CC1.CS(=O)O. The van der Waals surface area contributed by atoms with Gasteiger partial charge < -0.3 is 19.1 Å². The van der Waals surface area contributed by atoms with Gasteiger partial charge in [-0.3, -0.25) is 4.90 Å². The summed E-state index contributed by atoms with van der Waals surface area (Å²) in [6.45, 7) is 6.04. The summed E-state index contributed by atoms with van der Waals surface area (Å²) in [4.78, 5) is 6.89. The maximum Gasteiger partial charge on any atom is 0.417 e. The Hall–Kier alpha value is -3.41. The predicted molar refractivity (Wildman–Crippen MR) is 189 cm³/mol. The van der Waals surface area contributed by atoms with Crippen LogP contribution in [0.15, 0.2) is 103 Å². The van der Waals surface area contributed by atoms with Crippen LogP contribution < -0.4 is 9.64 Å². The summed E-state index contributed by atoms with van der Waals surface area (Å²) in [5.74, 6) is 0.850. The number of ether oxygens (including phenoxy) is 1. The third-order valence-electron chi connectivity index (χ3n) is 8.20. The Bertz CT molecular complexity index is 1530. The van der Waals surface area contributed by atoms with Crippen LogP contribution in [0.3, 0.4) is 0 Å². The van der Waals surface area contributed by atoms with E-state index < -0.39 is 22.8 Å². The van der Waals surface area contributed by atoms with Crippen molar-refractivity contribution in [1.29, 1.82) is 0 Å². The molecule has 4 aromatic carbocycles. The minimum Gasteiger partial charge on any atom is -0.493 e. The molecule has 0 saturated carbocycles. The van der Waals surface area contributed by atoms with Crippen LogP contribution in [-0.4, -0.2) is 77.7 Å². The lowest BCUT2D eigenvalue weighted by Crippen LogP contribution is -2.44. The van der Waals surface area contributed by atoms with Gasteiger partial charge in [-0.25, -0.2) is 4.21 Å². The van der Waals surface area contributed by atoms with Gasteiger partial charge in [-0.05, 0) is 48.4 Å². The normalized spacial score (nSPS) is 14.5. The topological polar surface area (TPSA) is 56.2 Å². The highest BCUT2D eigenvalue weighted by Crippen LogP contribution is 2.37. The summed E-state index contributed by atoms with van der Waals surface area (Å²) in [5, 5.41) is -0.238. The molecule has 6 nitrogen and oxygen atoms in total. The molecule has 1 saturated heterocycles. The standard InChI is InChI=1S/C36H39ClF3N3O.CH4O2S/c1-41-20-22-43(23-21-41)31-16-9-17-32(25-31)44-24-10-19-42(26-30-15-8-18-34(35(30)37)36(38,39)40)27-33(28-11-4-2-5-12-28)29-13-6-3-7-14-29;1-4(2)3/h2-9,11-18,25,33H,10,19-24,26-27H2,1H3;1H3,(H,2,3). The van der Waals surface area contributed by atoms with E-state index in [9.17, 15) is 13.2 Å². The zero-order chi connectivity index (χ0) is 34.5. The zero-order valence-corrected chi connectivity index (χ0v) is 28.9. The molecule has 0 radical (unpaired) electrons. The van der Waals surface area contributed by atoms with Gasteiger partial charge in [0.1, 0.15) is 16.8 Å². The number of halogens is 4. The van der Waals surface area contributed by atoms with Crippen molar-refractivity contribution in [3.05, 3.63) is 130 Å². The molecule has 5 rings (SSSR count). The highest BCUT2D eigenvalue weighted by Gasteiger charge is 2.34. The summed E-state index contributed by atoms with van der Waals surface area (Å²) >= 11 is 4.75. The minimum atomic E-state index is -4.51. The average Bonchev–Trinajstić information content (AvgIpc) is 3.07. The fraction of sp³-hybridized carbons (Fsp3) is 0.351. The fourth-order valence-corrected chi connectivity index (χ4v) is 6.03. The fourth-order valence-electron chi connectivity index (χ4n) is 5.74. The predicted octanol–water partition coefficient (Wildman–Crippen LogP) is 8.05. The third-order valence-corrected chi connectivity index (χ3v) is 8.64. The first-order valence-corrected chi connectivity index (χ1v) is 17.8. The number of likely N-dealkylation sites (N-methyl/N-ethyl adjacent to an activating group) is 1. The van der Waals surface area contributed by atoms with Crippen molar-refractivity contribution in [2.75, 3.05) is 64.1 Å². The molecule has 0 bridgehead atoms. The molecule has 1 N–H and O–H groups in total. The Morgan fingerprint density at radius 2 is 1.48 bits per heavy atom. The molecule has 0 aromatic heterocycles. The molecule has 1 unspecified atom stereocenters. The van der Waals surface area contributed by atoms with E-state index in [1.807, 2.05) is 48.5 Å². The molecule has 0 aliphatic carbocycles. The van der Waals surface area contributed by atoms with Gasteiger partial charge in [-0.15, -0.1) is 0 Å². The van der Waals surface area contributed by atoms with E-state index >= 15 is 0 Å². The minimum absolute atomic E-state index is 0.0307. The Labute approximate surface area is 289 Å². The average molecular weight is 702 g/mol. The molecular formula is C37H43ClF3N3O3S. The van der Waals surface area contributed by atoms with Gasteiger partial charge in [0.05, 0.1) is 17.2 Å². The second-order valence-electron chi connectivity index (χ2n) is 11.8. The smallest absolute Gasteiger partial charge is 0.417 e. The van der Waals surface area contributed by atoms with Crippen molar-refractivity contribution in [1.82, 2.24) is 9.80 Å². The first-order chi connectivity index (χ1) is 23.0. The van der Waals surface area contributed by atoms with Crippen molar-refractivity contribution in [2.45, 2.75) is 25.1 Å². The van der Waals surface area contributed by atoms with Crippen molar-refractivity contribution in [2.24, 2.45) is 0 Å². The highest BCUT2D eigenvalue weighted by molar-refractivity contribution is 7.78. The first kappa shape index (κ1) is 37.4. The van der Waals surface area contributed by atoms with Crippen molar-refractivity contribution in [3.8, 4) is 5.75 Å². The monoisotopic (exact) mass is 701 g/mol. The summed E-state index contributed by atoms with van der Waals surface area (Å²) in [5.41, 5.74) is 3.11. The lowest BCUT2D eigenvalue weighted by atomic mass is 9.90. The van der Waals surface area contributed by atoms with Crippen LogP contribution in [0.4, 0.5) is 18.9 Å². The number of nitrogens with zero attached hydrogens (tertiary/aromatic N) is 3. The molecular weight excluding hydrogens is 659 g/mol. The number of piperazine rings is 1. The van der Waals surface area contributed by atoms with E-state index in [4.69, 9.17) is 25.1 Å². The molecule has 48 heavy (non-hydrogen) atoms. The van der Waals surface area contributed by atoms with E-state index in [2.05, 4.69) is 58.1 Å². The largest absolute Gasteiger partial charge is 0.493 e. The van der Waals surface area contributed by atoms with Gasteiger partial charge in [0.25, 0.3) is 0 Å². The van der Waals surface area contributed by atoms with Crippen LogP contribution in [0.25, 0.3) is 0 Å². The molecule has 1 aliphatic rings. The number of alkyl halides is 3. The van der Waals surface area contributed by atoms with Gasteiger partial charge in [-0.2, -0.15) is 13.2 Å². The molecule has 0 spiro atoms. The molecule has 11 heteroatoms. The van der Waals surface area contributed by atoms with Gasteiger partial charge in [0.15, 0.2) is 0 Å². The van der Waals surface area contributed by atoms with Gasteiger partial charge in [0.2, 0.25) is 0 Å². The zero-order valence-electron chi connectivity index (χ0n) is 27.3. The Morgan fingerprint density at radius 1 is 0.896 bits per heavy atom. The Balaban J connectivity index is 0.00000123. The third kappa shape index (κ3) is 11.6. The first-order valence-electron chi connectivity index (χ1n) is 15.9. The van der Waals surface area contributed by atoms with Crippen LogP contribution in [0.5, 0.6) is 5.75 Å². The second-order valence-corrected chi connectivity index (χ2v) is 13.0. The van der Waals surface area contributed by atoms with Crippen LogP contribution in [-0.2, 0) is 23.8 Å². The summed E-state index contributed by atoms with van der Waals surface area (Å²) in [6.07, 6.45) is -2.62. The van der Waals surface area contributed by atoms with Crippen LogP contribution >= 0.6 is 11.6 Å². The van der Waals surface area contributed by atoms with Gasteiger partial charge in [0, 0.05) is 69.7 Å². The molecule has 1 heterocycles. The van der Waals surface area contributed by atoms with Crippen molar-refractivity contribution in [3.63, 3.8) is 0 Å². The Morgan fingerprint density at radius 3 is 2.06 bits per heavy atom. The lowest BCUT2D eigenvalue weighted by Gasteiger charge is -2.34. The number of rotatable bonds is 12. The number of benzene rings is 4. The van der Waals surface area contributed by atoms with E-state index in [1.165, 1.54) is 12.3 Å². The van der Waals surface area contributed by atoms with Crippen molar-refractivity contribution >= 4 is 28.4 Å².